The van der Waals surface area contributed by atoms with E-state index in [1.54, 1.807) is 18.3 Å². The lowest BCUT2D eigenvalue weighted by molar-refractivity contribution is -0.122. The molecule has 106 valence electrons. The third-order valence-corrected chi connectivity index (χ3v) is 2.43. The van der Waals surface area contributed by atoms with Gasteiger partial charge in [-0.15, -0.1) is 0 Å². The molecule has 0 aliphatic heterocycles. The first-order valence-electron chi connectivity index (χ1n) is 5.61. The van der Waals surface area contributed by atoms with E-state index in [9.17, 15) is 22.4 Å². The molecular weight excluding hydrogens is 264 g/mol. The number of amides is 2. The molecule has 0 bridgehead atoms. The summed E-state index contributed by atoms with van der Waals surface area (Å²) in [6, 6.07) is 3.36. The van der Waals surface area contributed by atoms with Crippen LogP contribution in [0.5, 0.6) is 0 Å². The molecule has 0 fully saturated rings. The van der Waals surface area contributed by atoms with Crippen molar-refractivity contribution in [1.29, 1.82) is 0 Å². The number of hydrogen-bond acceptors (Lipinski definition) is 1. The Kier molecular flexibility index (Phi) is 5.14. The number of carbonyl (C=O) groups excluding carboxylic acids is 1. The summed E-state index contributed by atoms with van der Waals surface area (Å²) in [7, 11) is 0. The van der Waals surface area contributed by atoms with Crippen molar-refractivity contribution in [3.63, 3.8) is 0 Å². The van der Waals surface area contributed by atoms with Crippen molar-refractivity contribution in [3.05, 3.63) is 35.1 Å². The summed E-state index contributed by atoms with van der Waals surface area (Å²) in [5.74, 6) is -0.350. The fraction of sp³-hybridized carbons (Fsp3) is 0.417. The van der Waals surface area contributed by atoms with Crippen molar-refractivity contribution in [3.8, 4) is 0 Å². The highest BCUT2D eigenvalue weighted by Gasteiger charge is 2.27. The number of aryl methyl sites for hydroxylation is 1. The van der Waals surface area contributed by atoms with Crippen LogP contribution in [0.3, 0.4) is 0 Å². The zero-order valence-electron chi connectivity index (χ0n) is 10.3. The summed E-state index contributed by atoms with van der Waals surface area (Å²) in [4.78, 5) is 11.0. The van der Waals surface area contributed by atoms with Crippen molar-refractivity contribution in [2.75, 3.05) is 13.1 Å². The van der Waals surface area contributed by atoms with Gasteiger partial charge in [0.15, 0.2) is 0 Å². The fourth-order valence-electron chi connectivity index (χ4n) is 1.49. The monoisotopic (exact) mass is 278 g/mol. The van der Waals surface area contributed by atoms with Gasteiger partial charge in [0.05, 0.1) is 0 Å². The molecule has 3 nitrogen and oxygen atoms in total. The molecule has 0 unspecified atom stereocenters. The van der Waals surface area contributed by atoms with Crippen LogP contribution in [-0.4, -0.2) is 25.3 Å². The Hall–Kier alpha value is -1.79. The van der Waals surface area contributed by atoms with Crippen LogP contribution < -0.4 is 10.6 Å². The molecule has 0 heterocycles. The molecule has 0 aliphatic rings. The first-order chi connectivity index (χ1) is 8.78. The van der Waals surface area contributed by atoms with Gasteiger partial charge in [0.25, 0.3) is 0 Å². The minimum absolute atomic E-state index is 0.177. The smallest absolute Gasteiger partial charge is 0.338 e. The highest BCUT2D eigenvalue weighted by molar-refractivity contribution is 5.73. The molecule has 1 aromatic rings. The van der Waals surface area contributed by atoms with E-state index < -0.39 is 18.8 Å². The summed E-state index contributed by atoms with van der Waals surface area (Å²) in [6.07, 6.45) is -4.00. The van der Waals surface area contributed by atoms with Gasteiger partial charge in [-0.25, -0.2) is 9.18 Å². The molecule has 0 saturated carbocycles. The van der Waals surface area contributed by atoms with E-state index in [2.05, 4.69) is 5.32 Å². The Bertz CT molecular complexity index is 446. The lowest BCUT2D eigenvalue weighted by Gasteiger charge is -2.10. The Morgan fingerprint density at radius 3 is 2.53 bits per heavy atom. The fourth-order valence-corrected chi connectivity index (χ4v) is 1.49. The number of hydrogen-bond donors (Lipinski definition) is 2. The van der Waals surface area contributed by atoms with Gasteiger partial charge >= 0.3 is 12.2 Å². The van der Waals surface area contributed by atoms with Gasteiger partial charge in [-0.2, -0.15) is 13.2 Å². The second-order valence-corrected chi connectivity index (χ2v) is 4.05. The maximum absolute atomic E-state index is 12.8. The van der Waals surface area contributed by atoms with Crippen molar-refractivity contribution in [2.45, 2.75) is 19.5 Å². The summed E-state index contributed by atoms with van der Waals surface area (Å²) in [6.45, 7) is 0.534. The minimum Gasteiger partial charge on any atom is -0.338 e. The second-order valence-electron chi connectivity index (χ2n) is 4.05. The van der Waals surface area contributed by atoms with Crippen LogP contribution in [0.2, 0.25) is 0 Å². The van der Waals surface area contributed by atoms with Gasteiger partial charge in [-0.05, 0) is 36.6 Å². The van der Waals surface area contributed by atoms with Crippen LogP contribution in [0, 0.1) is 12.7 Å². The van der Waals surface area contributed by atoms with E-state index in [-0.39, 0.29) is 12.4 Å². The Morgan fingerprint density at radius 2 is 1.95 bits per heavy atom. The number of urea groups is 1. The Labute approximate surface area is 108 Å². The highest BCUT2D eigenvalue weighted by Crippen LogP contribution is 2.12. The van der Waals surface area contributed by atoms with Gasteiger partial charge in [0.2, 0.25) is 0 Å². The third kappa shape index (κ3) is 6.08. The lowest BCUT2D eigenvalue weighted by Crippen LogP contribution is -2.41. The molecule has 1 rings (SSSR count). The minimum atomic E-state index is -4.43. The van der Waals surface area contributed by atoms with Crippen molar-refractivity contribution in [2.24, 2.45) is 0 Å². The molecule has 0 aliphatic carbocycles. The molecular formula is C12H14F4N2O. The van der Waals surface area contributed by atoms with Crippen LogP contribution >= 0.6 is 0 Å². The van der Waals surface area contributed by atoms with Crippen LogP contribution in [0.1, 0.15) is 11.1 Å². The largest absolute Gasteiger partial charge is 0.405 e. The van der Waals surface area contributed by atoms with Crippen molar-refractivity contribution < 1.29 is 22.4 Å². The predicted molar refractivity (Wildman–Crippen MR) is 62.3 cm³/mol. The summed E-state index contributed by atoms with van der Waals surface area (Å²) in [5, 5.41) is 4.00. The average Bonchev–Trinajstić information content (AvgIpc) is 2.28. The summed E-state index contributed by atoms with van der Waals surface area (Å²) >= 11 is 0. The van der Waals surface area contributed by atoms with E-state index in [4.69, 9.17) is 0 Å². The maximum atomic E-state index is 12.8. The number of halogens is 4. The zero-order valence-corrected chi connectivity index (χ0v) is 10.3. The molecule has 19 heavy (non-hydrogen) atoms. The van der Waals surface area contributed by atoms with E-state index in [1.165, 1.54) is 12.1 Å². The van der Waals surface area contributed by atoms with Gasteiger partial charge in [-0.1, -0.05) is 6.07 Å². The molecule has 0 saturated heterocycles. The average molecular weight is 278 g/mol. The van der Waals surface area contributed by atoms with Crippen LogP contribution in [-0.2, 0) is 6.42 Å². The highest BCUT2D eigenvalue weighted by atomic mass is 19.4. The SMILES string of the molecule is Cc1cc(F)ccc1CCNC(=O)NCC(F)(F)F. The standard InChI is InChI=1S/C12H14F4N2O/c1-8-6-10(13)3-2-9(8)4-5-17-11(19)18-7-12(14,15)16/h2-3,6H,4-5,7H2,1H3,(H2,17,18,19). The van der Waals surface area contributed by atoms with E-state index in [0.29, 0.717) is 6.42 Å². The number of alkyl halides is 3. The summed E-state index contributed by atoms with van der Waals surface area (Å²) < 4.78 is 48.3. The van der Waals surface area contributed by atoms with Crippen molar-refractivity contribution in [1.82, 2.24) is 10.6 Å². The van der Waals surface area contributed by atoms with Gasteiger partial charge in [0, 0.05) is 6.54 Å². The third-order valence-electron chi connectivity index (χ3n) is 2.43. The normalized spacial score (nSPS) is 11.2. The predicted octanol–water partition coefficient (Wildman–Crippen LogP) is 2.54. The molecule has 2 amide bonds. The number of benzene rings is 1. The van der Waals surface area contributed by atoms with Gasteiger partial charge in [-0.3, -0.25) is 0 Å². The first kappa shape index (κ1) is 15.3. The second kappa shape index (κ2) is 6.40. The van der Waals surface area contributed by atoms with Crippen molar-refractivity contribution >= 4 is 6.03 Å². The summed E-state index contributed by atoms with van der Waals surface area (Å²) in [5.41, 5.74) is 1.56. The van der Waals surface area contributed by atoms with E-state index in [0.717, 1.165) is 11.1 Å². The molecule has 7 heteroatoms. The Balaban J connectivity index is 2.32. The van der Waals surface area contributed by atoms with Gasteiger partial charge in [0.1, 0.15) is 12.4 Å². The first-order valence-corrected chi connectivity index (χ1v) is 5.61. The lowest BCUT2D eigenvalue weighted by atomic mass is 10.1. The van der Waals surface area contributed by atoms with E-state index >= 15 is 0 Å². The maximum Gasteiger partial charge on any atom is 0.405 e. The topological polar surface area (TPSA) is 41.1 Å². The number of nitrogens with one attached hydrogen (secondary N) is 2. The number of carbonyl (C=O) groups is 1. The molecule has 2 N–H and O–H groups in total. The van der Waals surface area contributed by atoms with E-state index in [1.807, 2.05) is 0 Å². The molecule has 0 atom stereocenters. The number of rotatable bonds is 4. The van der Waals surface area contributed by atoms with Gasteiger partial charge < -0.3 is 10.6 Å². The van der Waals surface area contributed by atoms with Crippen LogP contribution in [0.15, 0.2) is 18.2 Å². The molecule has 0 aromatic heterocycles. The zero-order chi connectivity index (χ0) is 14.5. The van der Waals surface area contributed by atoms with Crippen LogP contribution in [0.25, 0.3) is 0 Å². The Morgan fingerprint density at radius 1 is 1.26 bits per heavy atom. The quantitative estimate of drug-likeness (QED) is 0.816. The molecule has 1 aromatic carbocycles. The van der Waals surface area contributed by atoms with Crippen LogP contribution in [0.4, 0.5) is 22.4 Å². The molecule has 0 radical (unpaired) electrons. The molecule has 0 spiro atoms.